The number of rotatable bonds is 4. The molecule has 1 nitrogen and oxygen atoms in total. The maximum atomic E-state index is 3.64. The average molecular weight is 332 g/mol. The first-order valence-electron chi connectivity index (χ1n) is 5.94. The van der Waals surface area contributed by atoms with E-state index in [1.807, 2.05) is 0 Å². The molecule has 0 spiro atoms. The third kappa shape index (κ3) is 4.51. The van der Waals surface area contributed by atoms with Crippen molar-refractivity contribution in [1.29, 1.82) is 0 Å². The van der Waals surface area contributed by atoms with Gasteiger partial charge in [-0.1, -0.05) is 28.1 Å². The lowest BCUT2D eigenvalue weighted by molar-refractivity contribution is 0.577. The summed E-state index contributed by atoms with van der Waals surface area (Å²) >= 11 is 7.72. The van der Waals surface area contributed by atoms with Crippen LogP contribution in [0.25, 0.3) is 0 Å². The zero-order valence-corrected chi connectivity index (χ0v) is 13.2. The highest BCUT2D eigenvalue weighted by atomic mass is 79.9. The summed E-state index contributed by atoms with van der Waals surface area (Å²) in [4.78, 5) is 0. The molecule has 0 aromatic heterocycles. The number of hydrogen-bond acceptors (Lipinski definition) is 3. The third-order valence-corrected chi connectivity index (χ3v) is 6.22. The molecule has 0 amide bonds. The second-order valence-corrected chi connectivity index (χ2v) is 7.73. The molecule has 1 aromatic carbocycles. The number of thioether (sulfide) groups is 2. The van der Waals surface area contributed by atoms with Crippen LogP contribution in [0.1, 0.15) is 18.5 Å². The van der Waals surface area contributed by atoms with Crippen molar-refractivity contribution >= 4 is 39.5 Å². The minimum Gasteiger partial charge on any atom is -0.309 e. The highest BCUT2D eigenvalue weighted by Crippen LogP contribution is 2.24. The van der Waals surface area contributed by atoms with E-state index in [1.165, 1.54) is 22.8 Å². The van der Waals surface area contributed by atoms with Gasteiger partial charge < -0.3 is 5.32 Å². The van der Waals surface area contributed by atoms with Gasteiger partial charge in [0.2, 0.25) is 0 Å². The van der Waals surface area contributed by atoms with Gasteiger partial charge in [0.1, 0.15) is 0 Å². The van der Waals surface area contributed by atoms with E-state index in [-0.39, 0.29) is 0 Å². The minimum absolute atomic E-state index is 0.431. The summed E-state index contributed by atoms with van der Waals surface area (Å²) in [7, 11) is 0. The first-order valence-corrected chi connectivity index (χ1v) is 8.93. The number of benzene rings is 1. The Hall–Kier alpha value is 0.360. The predicted octanol–water partition coefficient (Wildman–Crippen LogP) is 3.95. The van der Waals surface area contributed by atoms with Crippen LogP contribution in [-0.4, -0.2) is 29.1 Å². The molecule has 94 valence electrons. The van der Waals surface area contributed by atoms with Crippen LogP contribution in [0.5, 0.6) is 0 Å². The Morgan fingerprint density at radius 3 is 3.06 bits per heavy atom. The van der Waals surface area contributed by atoms with E-state index >= 15 is 0 Å². The zero-order chi connectivity index (χ0) is 12.1. The normalized spacial score (nSPS) is 22.4. The Kier molecular flexibility index (Phi) is 5.74. The van der Waals surface area contributed by atoms with Gasteiger partial charge in [-0.3, -0.25) is 0 Å². The van der Waals surface area contributed by atoms with Gasteiger partial charge in [-0.05, 0) is 24.6 Å². The van der Waals surface area contributed by atoms with Crippen molar-refractivity contribution < 1.29 is 0 Å². The quantitative estimate of drug-likeness (QED) is 0.897. The van der Waals surface area contributed by atoms with Crippen molar-refractivity contribution in [2.45, 2.75) is 18.2 Å². The van der Waals surface area contributed by atoms with E-state index in [9.17, 15) is 0 Å². The molecular weight excluding hydrogens is 314 g/mol. The monoisotopic (exact) mass is 331 g/mol. The molecule has 0 aliphatic carbocycles. The molecule has 1 heterocycles. The van der Waals surface area contributed by atoms with Gasteiger partial charge in [0.05, 0.1) is 0 Å². The molecule has 2 atom stereocenters. The largest absolute Gasteiger partial charge is 0.309 e. The van der Waals surface area contributed by atoms with Crippen molar-refractivity contribution in [2.24, 2.45) is 0 Å². The van der Waals surface area contributed by atoms with Crippen molar-refractivity contribution in [1.82, 2.24) is 5.32 Å². The van der Waals surface area contributed by atoms with Crippen LogP contribution in [-0.2, 0) is 0 Å². The van der Waals surface area contributed by atoms with Crippen LogP contribution >= 0.6 is 39.5 Å². The van der Waals surface area contributed by atoms with Gasteiger partial charge in [0, 0.05) is 39.6 Å². The lowest BCUT2D eigenvalue weighted by Crippen LogP contribution is -2.30. The molecule has 1 aliphatic rings. The van der Waals surface area contributed by atoms with Crippen LogP contribution in [0.2, 0.25) is 0 Å². The van der Waals surface area contributed by atoms with E-state index in [4.69, 9.17) is 0 Å². The minimum atomic E-state index is 0.431. The van der Waals surface area contributed by atoms with E-state index in [1.54, 1.807) is 0 Å². The maximum absolute atomic E-state index is 3.64. The lowest BCUT2D eigenvalue weighted by atomic mass is 10.1. The predicted molar refractivity (Wildman–Crippen MR) is 84.1 cm³/mol. The summed E-state index contributed by atoms with van der Waals surface area (Å²) in [6, 6.07) is 8.98. The second-order valence-electron chi connectivity index (χ2n) is 4.25. The summed E-state index contributed by atoms with van der Waals surface area (Å²) < 4.78 is 1.16. The van der Waals surface area contributed by atoms with Gasteiger partial charge >= 0.3 is 0 Å². The Balaban J connectivity index is 1.82. The number of hydrogen-bond donors (Lipinski definition) is 1. The summed E-state index contributed by atoms with van der Waals surface area (Å²) in [5.41, 5.74) is 1.35. The van der Waals surface area contributed by atoms with Gasteiger partial charge in [0.15, 0.2) is 0 Å². The molecule has 0 radical (unpaired) electrons. The molecule has 2 rings (SSSR count). The van der Waals surface area contributed by atoms with Crippen LogP contribution in [0.15, 0.2) is 28.7 Å². The summed E-state index contributed by atoms with van der Waals surface area (Å²) in [6.45, 7) is 3.35. The SMILES string of the molecule is CC(NCC1CSCCS1)c1cccc(Br)c1. The molecule has 1 saturated heterocycles. The molecule has 1 aliphatic heterocycles. The highest BCUT2D eigenvalue weighted by molar-refractivity contribution is 9.10. The van der Waals surface area contributed by atoms with Crippen LogP contribution in [0.4, 0.5) is 0 Å². The van der Waals surface area contributed by atoms with Gasteiger partial charge in [-0.2, -0.15) is 23.5 Å². The Morgan fingerprint density at radius 1 is 1.47 bits per heavy atom. The summed E-state index contributed by atoms with van der Waals surface area (Å²) in [5, 5.41) is 4.42. The van der Waals surface area contributed by atoms with E-state index < -0.39 is 0 Å². The molecule has 0 bridgehead atoms. The smallest absolute Gasteiger partial charge is 0.0292 e. The molecular formula is C13H18BrNS2. The van der Waals surface area contributed by atoms with Crippen LogP contribution < -0.4 is 5.32 Å². The molecule has 0 saturated carbocycles. The number of nitrogens with one attached hydrogen (secondary N) is 1. The Bertz CT molecular complexity index is 353. The molecule has 1 aromatic rings. The molecule has 17 heavy (non-hydrogen) atoms. The van der Waals surface area contributed by atoms with Crippen LogP contribution in [0.3, 0.4) is 0 Å². The van der Waals surface area contributed by atoms with Crippen LogP contribution in [0, 0.1) is 0 Å². The Morgan fingerprint density at radius 2 is 2.35 bits per heavy atom. The number of halogens is 1. The maximum Gasteiger partial charge on any atom is 0.0292 e. The summed E-state index contributed by atoms with van der Waals surface area (Å²) in [5.74, 6) is 3.92. The van der Waals surface area contributed by atoms with Crippen molar-refractivity contribution in [2.75, 3.05) is 23.8 Å². The molecule has 2 unspecified atom stereocenters. The first-order chi connectivity index (χ1) is 8.25. The average Bonchev–Trinajstić information content (AvgIpc) is 2.37. The van der Waals surface area contributed by atoms with Crippen molar-refractivity contribution in [3.63, 3.8) is 0 Å². The fourth-order valence-corrected chi connectivity index (χ4v) is 4.90. The fraction of sp³-hybridized carbons (Fsp3) is 0.538. The second kappa shape index (κ2) is 7.07. The zero-order valence-electron chi connectivity index (χ0n) is 9.99. The van der Waals surface area contributed by atoms with Crippen molar-refractivity contribution in [3.05, 3.63) is 34.3 Å². The van der Waals surface area contributed by atoms with Gasteiger partial charge in [0.25, 0.3) is 0 Å². The van der Waals surface area contributed by atoms with E-state index in [0.717, 1.165) is 16.3 Å². The molecule has 1 N–H and O–H groups in total. The van der Waals surface area contributed by atoms with E-state index in [2.05, 4.69) is 76.0 Å². The topological polar surface area (TPSA) is 12.0 Å². The molecule has 1 fully saturated rings. The third-order valence-electron chi connectivity index (χ3n) is 2.89. The Labute approximate surface area is 121 Å². The highest BCUT2D eigenvalue weighted by Gasteiger charge is 2.15. The van der Waals surface area contributed by atoms with Gasteiger partial charge in [-0.15, -0.1) is 0 Å². The van der Waals surface area contributed by atoms with Gasteiger partial charge in [-0.25, -0.2) is 0 Å². The fourth-order valence-electron chi connectivity index (χ4n) is 1.86. The van der Waals surface area contributed by atoms with E-state index in [0.29, 0.717) is 6.04 Å². The first kappa shape index (κ1) is 13.8. The lowest BCUT2D eigenvalue weighted by Gasteiger charge is -2.23. The standard InChI is InChI=1S/C13H18BrNS2/c1-10(11-3-2-4-12(14)7-11)15-8-13-9-16-5-6-17-13/h2-4,7,10,13,15H,5-6,8-9H2,1H3. The molecule has 4 heteroatoms. The van der Waals surface area contributed by atoms with Crippen molar-refractivity contribution in [3.8, 4) is 0 Å². The summed E-state index contributed by atoms with van der Waals surface area (Å²) in [6.07, 6.45) is 0.